The number of hydrogen-bond acceptors (Lipinski definition) is 2. The van der Waals surface area contributed by atoms with Crippen molar-refractivity contribution >= 4 is 43.8 Å². The average Bonchev–Trinajstić information content (AvgIpc) is 2.47. The Balaban J connectivity index is 2.05. The molecule has 0 aliphatic carbocycles. The minimum Gasteiger partial charge on any atom is -0.352 e. The van der Waals surface area contributed by atoms with Crippen LogP contribution >= 0.6 is 31.9 Å². The van der Waals surface area contributed by atoms with Gasteiger partial charge in [-0.05, 0) is 52.9 Å². The van der Waals surface area contributed by atoms with Crippen LogP contribution in [0.2, 0.25) is 0 Å². The van der Waals surface area contributed by atoms with E-state index in [0.29, 0.717) is 18.7 Å². The molecule has 0 bridgehead atoms. The second kappa shape index (κ2) is 7.26. The smallest absolute Gasteiger partial charge is 0.312 e. The van der Waals surface area contributed by atoms with Crippen molar-refractivity contribution in [1.29, 1.82) is 0 Å². The fourth-order valence-corrected chi connectivity index (χ4v) is 3.27. The number of carbonyl (C=O) groups is 2. The standard InChI is InChI=1S/C14H17Br2N3O2/c15-10-3-4-12(16)11(6-10)13(20)19-5-1-2-9(8-19)7-18-14(17)21/h3-4,6,9H,1-2,5,7-8H2,(H3,17,18,21). The Hall–Kier alpha value is -1.08. The van der Waals surface area contributed by atoms with Gasteiger partial charge in [0.25, 0.3) is 5.91 Å². The molecule has 3 N–H and O–H groups in total. The fourth-order valence-electron chi connectivity index (χ4n) is 2.49. The van der Waals surface area contributed by atoms with E-state index in [4.69, 9.17) is 5.73 Å². The normalized spacial score (nSPS) is 18.4. The van der Waals surface area contributed by atoms with Crippen LogP contribution in [0, 0.1) is 5.92 Å². The van der Waals surface area contributed by atoms with Crippen molar-refractivity contribution in [2.24, 2.45) is 11.7 Å². The number of rotatable bonds is 3. The Kier molecular flexibility index (Phi) is 5.64. The van der Waals surface area contributed by atoms with Crippen molar-refractivity contribution in [3.8, 4) is 0 Å². The van der Waals surface area contributed by atoms with Gasteiger partial charge in [0.05, 0.1) is 5.56 Å². The molecule has 1 atom stereocenters. The second-order valence-electron chi connectivity index (χ2n) is 5.13. The minimum absolute atomic E-state index is 0.00644. The second-order valence-corrected chi connectivity index (χ2v) is 6.90. The number of halogens is 2. The molecule has 5 nitrogen and oxygen atoms in total. The maximum Gasteiger partial charge on any atom is 0.312 e. The van der Waals surface area contributed by atoms with Crippen LogP contribution < -0.4 is 11.1 Å². The number of nitrogens with one attached hydrogen (secondary N) is 1. The highest BCUT2D eigenvalue weighted by atomic mass is 79.9. The van der Waals surface area contributed by atoms with Crippen LogP contribution in [-0.2, 0) is 0 Å². The number of likely N-dealkylation sites (tertiary alicyclic amines) is 1. The number of amides is 3. The molecule has 1 unspecified atom stereocenters. The zero-order valence-electron chi connectivity index (χ0n) is 11.4. The third-order valence-corrected chi connectivity index (χ3v) is 4.71. The van der Waals surface area contributed by atoms with Gasteiger partial charge >= 0.3 is 6.03 Å². The summed E-state index contributed by atoms with van der Waals surface area (Å²) in [5.74, 6) is 0.257. The number of nitrogens with two attached hydrogens (primary N) is 1. The van der Waals surface area contributed by atoms with Gasteiger partial charge < -0.3 is 16.0 Å². The zero-order chi connectivity index (χ0) is 15.4. The molecule has 114 valence electrons. The summed E-state index contributed by atoms with van der Waals surface area (Å²) >= 11 is 6.81. The first-order valence-electron chi connectivity index (χ1n) is 6.75. The van der Waals surface area contributed by atoms with Crippen LogP contribution in [0.15, 0.2) is 27.1 Å². The first kappa shape index (κ1) is 16.3. The van der Waals surface area contributed by atoms with Crippen LogP contribution in [0.1, 0.15) is 23.2 Å². The van der Waals surface area contributed by atoms with E-state index in [2.05, 4.69) is 37.2 Å². The van der Waals surface area contributed by atoms with Crippen LogP contribution in [-0.4, -0.2) is 36.5 Å². The monoisotopic (exact) mass is 417 g/mol. The van der Waals surface area contributed by atoms with E-state index in [1.165, 1.54) is 0 Å². The summed E-state index contributed by atoms with van der Waals surface area (Å²) in [4.78, 5) is 25.2. The molecule has 2 rings (SSSR count). The van der Waals surface area contributed by atoms with Crippen molar-refractivity contribution in [2.45, 2.75) is 12.8 Å². The Bertz CT molecular complexity index is 551. The topological polar surface area (TPSA) is 75.4 Å². The predicted molar refractivity (Wildman–Crippen MR) is 88.1 cm³/mol. The summed E-state index contributed by atoms with van der Waals surface area (Å²) in [5.41, 5.74) is 5.74. The number of benzene rings is 1. The zero-order valence-corrected chi connectivity index (χ0v) is 14.6. The maximum absolute atomic E-state index is 12.6. The molecule has 1 aliphatic heterocycles. The quantitative estimate of drug-likeness (QED) is 0.791. The fraction of sp³-hybridized carbons (Fsp3) is 0.429. The third kappa shape index (κ3) is 4.44. The summed E-state index contributed by atoms with van der Waals surface area (Å²) in [6.45, 7) is 1.89. The number of nitrogens with zero attached hydrogens (tertiary/aromatic N) is 1. The van der Waals surface area contributed by atoms with Crippen LogP contribution in [0.3, 0.4) is 0 Å². The Morgan fingerprint density at radius 3 is 2.86 bits per heavy atom. The third-order valence-electron chi connectivity index (χ3n) is 3.53. The van der Waals surface area contributed by atoms with E-state index in [-0.39, 0.29) is 11.8 Å². The lowest BCUT2D eigenvalue weighted by atomic mass is 9.97. The number of carbonyl (C=O) groups excluding carboxylic acids is 2. The van der Waals surface area contributed by atoms with Gasteiger partial charge in [0.2, 0.25) is 0 Å². The minimum atomic E-state index is -0.520. The van der Waals surface area contributed by atoms with Gasteiger partial charge in [-0.3, -0.25) is 4.79 Å². The van der Waals surface area contributed by atoms with E-state index >= 15 is 0 Å². The maximum atomic E-state index is 12.6. The molecule has 0 saturated carbocycles. The van der Waals surface area contributed by atoms with Crippen molar-refractivity contribution in [3.05, 3.63) is 32.7 Å². The van der Waals surface area contributed by atoms with E-state index in [1.54, 1.807) is 0 Å². The molecule has 1 heterocycles. The molecule has 1 aliphatic rings. The van der Waals surface area contributed by atoms with Gasteiger partial charge in [0.15, 0.2) is 0 Å². The number of urea groups is 1. The highest BCUT2D eigenvalue weighted by Gasteiger charge is 2.25. The molecule has 0 radical (unpaired) electrons. The van der Waals surface area contributed by atoms with Gasteiger partial charge in [0.1, 0.15) is 0 Å². The highest BCUT2D eigenvalue weighted by molar-refractivity contribution is 9.11. The Morgan fingerprint density at radius 1 is 1.38 bits per heavy atom. The van der Waals surface area contributed by atoms with E-state index < -0.39 is 6.03 Å². The van der Waals surface area contributed by atoms with Gasteiger partial charge in [-0.15, -0.1) is 0 Å². The molecular weight excluding hydrogens is 402 g/mol. The van der Waals surface area contributed by atoms with Crippen LogP contribution in [0.5, 0.6) is 0 Å². The molecule has 1 aromatic rings. The first-order chi connectivity index (χ1) is 9.97. The number of primary amides is 1. The van der Waals surface area contributed by atoms with E-state index in [0.717, 1.165) is 28.3 Å². The van der Waals surface area contributed by atoms with Gasteiger partial charge in [-0.2, -0.15) is 0 Å². The molecule has 3 amide bonds. The molecule has 1 fully saturated rings. The van der Waals surface area contributed by atoms with E-state index in [1.807, 2.05) is 23.1 Å². The summed E-state index contributed by atoms with van der Waals surface area (Å²) < 4.78 is 1.66. The predicted octanol–water partition coefficient (Wildman–Crippen LogP) is 2.73. The van der Waals surface area contributed by atoms with E-state index in [9.17, 15) is 9.59 Å². The molecule has 7 heteroatoms. The molecule has 1 aromatic carbocycles. The van der Waals surface area contributed by atoms with Gasteiger partial charge in [-0.1, -0.05) is 15.9 Å². The summed E-state index contributed by atoms with van der Waals surface area (Å²) in [7, 11) is 0. The van der Waals surface area contributed by atoms with Crippen LogP contribution in [0.25, 0.3) is 0 Å². The van der Waals surface area contributed by atoms with Gasteiger partial charge in [-0.25, -0.2) is 4.79 Å². The van der Waals surface area contributed by atoms with Crippen molar-refractivity contribution in [1.82, 2.24) is 10.2 Å². The molecular formula is C14H17Br2N3O2. The van der Waals surface area contributed by atoms with Crippen molar-refractivity contribution < 1.29 is 9.59 Å². The molecule has 1 saturated heterocycles. The number of piperidine rings is 1. The molecule has 0 spiro atoms. The van der Waals surface area contributed by atoms with Gasteiger partial charge in [0, 0.05) is 28.6 Å². The molecule has 0 aromatic heterocycles. The lowest BCUT2D eigenvalue weighted by Crippen LogP contribution is -2.44. The number of hydrogen-bond donors (Lipinski definition) is 2. The Morgan fingerprint density at radius 2 is 2.14 bits per heavy atom. The van der Waals surface area contributed by atoms with Crippen molar-refractivity contribution in [3.63, 3.8) is 0 Å². The summed E-state index contributed by atoms with van der Waals surface area (Å²) in [6, 6.07) is 5.04. The SMILES string of the molecule is NC(=O)NCC1CCCN(C(=O)c2cc(Br)ccc2Br)C1. The van der Waals surface area contributed by atoms with Crippen LogP contribution in [0.4, 0.5) is 4.79 Å². The first-order valence-corrected chi connectivity index (χ1v) is 8.33. The largest absolute Gasteiger partial charge is 0.352 e. The Labute approximate surface area is 140 Å². The highest BCUT2D eigenvalue weighted by Crippen LogP contribution is 2.25. The lowest BCUT2D eigenvalue weighted by molar-refractivity contribution is 0.0674. The summed E-state index contributed by atoms with van der Waals surface area (Å²) in [6.07, 6.45) is 1.92. The summed E-state index contributed by atoms with van der Waals surface area (Å²) in [5, 5.41) is 2.62. The van der Waals surface area contributed by atoms with Crippen molar-refractivity contribution in [2.75, 3.05) is 19.6 Å². The average molecular weight is 419 g/mol. The lowest BCUT2D eigenvalue weighted by Gasteiger charge is -2.33. The molecule has 21 heavy (non-hydrogen) atoms.